The molecule has 0 heterocycles. The van der Waals surface area contributed by atoms with E-state index in [2.05, 4.69) is 19.2 Å². The molecule has 18 heavy (non-hydrogen) atoms. The van der Waals surface area contributed by atoms with Crippen LogP contribution in [0.5, 0.6) is 5.75 Å². The molecule has 1 rings (SSSR count). The molecule has 1 amide bonds. The molecular weight excluding hydrogens is 233 g/mol. The standard InChI is InChI=1S/C14H20FNO2/c1-10(2)6-7-16-14(17)9-18-13-8-11(3)4-5-12(13)15/h4-5,8,10H,6-7,9H2,1-3H3,(H,16,17). The van der Waals surface area contributed by atoms with Gasteiger partial charge in [0.05, 0.1) is 0 Å². The largest absolute Gasteiger partial charge is 0.481 e. The number of halogens is 1. The maximum atomic E-state index is 13.3. The molecule has 100 valence electrons. The molecule has 0 aliphatic rings. The second-order valence-corrected chi connectivity index (χ2v) is 4.76. The number of hydrogen-bond acceptors (Lipinski definition) is 2. The van der Waals surface area contributed by atoms with E-state index < -0.39 is 5.82 Å². The average Bonchev–Trinajstić information content (AvgIpc) is 2.30. The van der Waals surface area contributed by atoms with Crippen molar-refractivity contribution in [2.45, 2.75) is 27.2 Å². The summed E-state index contributed by atoms with van der Waals surface area (Å²) in [5.74, 6) is -0.0124. The maximum absolute atomic E-state index is 13.3. The van der Waals surface area contributed by atoms with Crippen molar-refractivity contribution in [1.82, 2.24) is 5.32 Å². The number of carbonyl (C=O) groups excluding carboxylic acids is 1. The zero-order chi connectivity index (χ0) is 13.5. The number of carbonyl (C=O) groups is 1. The van der Waals surface area contributed by atoms with Crippen LogP contribution < -0.4 is 10.1 Å². The van der Waals surface area contributed by atoms with Crippen molar-refractivity contribution in [2.75, 3.05) is 13.2 Å². The summed E-state index contributed by atoms with van der Waals surface area (Å²) in [5.41, 5.74) is 0.895. The topological polar surface area (TPSA) is 38.3 Å². The van der Waals surface area contributed by atoms with Crippen LogP contribution >= 0.6 is 0 Å². The van der Waals surface area contributed by atoms with Crippen LogP contribution in [0.3, 0.4) is 0 Å². The number of aryl methyl sites for hydroxylation is 1. The summed E-state index contributed by atoms with van der Waals surface area (Å²) in [6.45, 7) is 6.49. The SMILES string of the molecule is Cc1ccc(F)c(OCC(=O)NCCC(C)C)c1. The van der Waals surface area contributed by atoms with Gasteiger partial charge >= 0.3 is 0 Å². The third-order valence-corrected chi connectivity index (χ3v) is 2.49. The summed E-state index contributed by atoms with van der Waals surface area (Å²) in [5, 5.41) is 2.73. The van der Waals surface area contributed by atoms with Crippen LogP contribution in [0.2, 0.25) is 0 Å². The fourth-order valence-electron chi connectivity index (χ4n) is 1.42. The first-order chi connectivity index (χ1) is 8.49. The molecule has 0 atom stereocenters. The molecule has 1 N–H and O–H groups in total. The van der Waals surface area contributed by atoms with Crippen LogP contribution in [-0.4, -0.2) is 19.1 Å². The molecular formula is C14H20FNO2. The molecule has 0 unspecified atom stereocenters. The quantitative estimate of drug-likeness (QED) is 0.846. The Morgan fingerprint density at radius 3 is 2.83 bits per heavy atom. The van der Waals surface area contributed by atoms with E-state index in [9.17, 15) is 9.18 Å². The van der Waals surface area contributed by atoms with Gasteiger partial charge in [-0.1, -0.05) is 19.9 Å². The van der Waals surface area contributed by atoms with Crippen molar-refractivity contribution in [3.05, 3.63) is 29.6 Å². The molecule has 3 nitrogen and oxygen atoms in total. The minimum Gasteiger partial charge on any atom is -0.481 e. The first kappa shape index (κ1) is 14.5. The summed E-state index contributed by atoms with van der Waals surface area (Å²) < 4.78 is 18.5. The highest BCUT2D eigenvalue weighted by Crippen LogP contribution is 2.17. The van der Waals surface area contributed by atoms with E-state index in [0.29, 0.717) is 12.5 Å². The van der Waals surface area contributed by atoms with Gasteiger partial charge in [-0.25, -0.2) is 4.39 Å². The number of amides is 1. The van der Waals surface area contributed by atoms with Gasteiger partial charge in [0, 0.05) is 6.54 Å². The number of benzene rings is 1. The Hall–Kier alpha value is -1.58. The lowest BCUT2D eigenvalue weighted by Gasteiger charge is -2.09. The normalized spacial score (nSPS) is 10.5. The summed E-state index contributed by atoms with van der Waals surface area (Å²) in [4.78, 5) is 11.4. The van der Waals surface area contributed by atoms with Crippen molar-refractivity contribution in [1.29, 1.82) is 0 Å². The second-order valence-electron chi connectivity index (χ2n) is 4.76. The van der Waals surface area contributed by atoms with Gasteiger partial charge in [-0.15, -0.1) is 0 Å². The van der Waals surface area contributed by atoms with Crippen molar-refractivity contribution < 1.29 is 13.9 Å². The van der Waals surface area contributed by atoms with Crippen LogP contribution in [0.25, 0.3) is 0 Å². The number of ether oxygens (including phenoxy) is 1. The van der Waals surface area contributed by atoms with Gasteiger partial charge in [-0.3, -0.25) is 4.79 Å². The van der Waals surface area contributed by atoms with E-state index in [0.717, 1.165) is 12.0 Å². The van der Waals surface area contributed by atoms with E-state index in [-0.39, 0.29) is 18.3 Å². The van der Waals surface area contributed by atoms with Crippen LogP contribution in [0.1, 0.15) is 25.8 Å². The Labute approximate surface area is 107 Å². The predicted molar refractivity (Wildman–Crippen MR) is 69.1 cm³/mol. The maximum Gasteiger partial charge on any atom is 0.257 e. The summed E-state index contributed by atoms with van der Waals surface area (Å²) in [7, 11) is 0. The Morgan fingerprint density at radius 2 is 2.17 bits per heavy atom. The third kappa shape index (κ3) is 5.17. The number of rotatable bonds is 6. The number of hydrogen-bond donors (Lipinski definition) is 1. The summed E-state index contributed by atoms with van der Waals surface area (Å²) in [6.07, 6.45) is 0.921. The van der Waals surface area contributed by atoms with Crippen molar-refractivity contribution in [3.63, 3.8) is 0 Å². The molecule has 0 aliphatic carbocycles. The highest BCUT2D eigenvalue weighted by atomic mass is 19.1. The van der Waals surface area contributed by atoms with Gasteiger partial charge in [0.2, 0.25) is 0 Å². The molecule has 1 aromatic rings. The first-order valence-corrected chi connectivity index (χ1v) is 6.14. The fourth-order valence-corrected chi connectivity index (χ4v) is 1.42. The van der Waals surface area contributed by atoms with Gasteiger partial charge in [-0.05, 0) is 37.0 Å². The van der Waals surface area contributed by atoms with Crippen molar-refractivity contribution in [3.8, 4) is 5.75 Å². The molecule has 0 aliphatic heterocycles. The van der Waals surface area contributed by atoms with Gasteiger partial charge in [0.25, 0.3) is 5.91 Å². The molecule has 1 aromatic carbocycles. The van der Waals surface area contributed by atoms with Gasteiger partial charge in [0.1, 0.15) is 0 Å². The monoisotopic (exact) mass is 253 g/mol. The fraction of sp³-hybridized carbons (Fsp3) is 0.500. The molecule has 0 saturated heterocycles. The van der Waals surface area contributed by atoms with Crippen LogP contribution in [0, 0.1) is 18.7 Å². The molecule has 0 saturated carbocycles. The lowest BCUT2D eigenvalue weighted by atomic mass is 10.1. The van der Waals surface area contributed by atoms with Gasteiger partial charge < -0.3 is 10.1 Å². The molecule has 0 aromatic heterocycles. The van der Waals surface area contributed by atoms with Crippen LogP contribution in [-0.2, 0) is 4.79 Å². The zero-order valence-electron chi connectivity index (χ0n) is 11.1. The molecule has 0 fully saturated rings. The summed E-state index contributed by atoms with van der Waals surface area (Å²) >= 11 is 0. The van der Waals surface area contributed by atoms with E-state index in [4.69, 9.17) is 4.74 Å². The van der Waals surface area contributed by atoms with E-state index >= 15 is 0 Å². The first-order valence-electron chi connectivity index (χ1n) is 6.14. The zero-order valence-corrected chi connectivity index (χ0v) is 11.1. The highest BCUT2D eigenvalue weighted by Gasteiger charge is 2.07. The minimum absolute atomic E-state index is 0.119. The Bertz CT molecular complexity index is 405. The lowest BCUT2D eigenvalue weighted by molar-refractivity contribution is -0.123. The van der Waals surface area contributed by atoms with Crippen molar-refractivity contribution >= 4 is 5.91 Å². The van der Waals surface area contributed by atoms with Gasteiger partial charge in [0.15, 0.2) is 18.2 Å². The second kappa shape index (κ2) is 6.99. The summed E-state index contributed by atoms with van der Waals surface area (Å²) in [6, 6.07) is 4.57. The molecule has 0 bridgehead atoms. The minimum atomic E-state index is -0.449. The molecule has 0 radical (unpaired) electrons. The smallest absolute Gasteiger partial charge is 0.257 e. The Balaban J connectivity index is 2.36. The van der Waals surface area contributed by atoms with Gasteiger partial charge in [-0.2, -0.15) is 0 Å². The van der Waals surface area contributed by atoms with Crippen LogP contribution in [0.15, 0.2) is 18.2 Å². The van der Waals surface area contributed by atoms with E-state index in [1.807, 2.05) is 6.92 Å². The van der Waals surface area contributed by atoms with Crippen LogP contribution in [0.4, 0.5) is 4.39 Å². The Kier molecular flexibility index (Phi) is 5.62. The predicted octanol–water partition coefficient (Wildman–Crippen LogP) is 2.68. The molecule has 0 spiro atoms. The molecule has 4 heteroatoms. The highest BCUT2D eigenvalue weighted by molar-refractivity contribution is 5.77. The average molecular weight is 253 g/mol. The lowest BCUT2D eigenvalue weighted by Crippen LogP contribution is -2.30. The van der Waals surface area contributed by atoms with E-state index in [1.54, 1.807) is 12.1 Å². The third-order valence-electron chi connectivity index (χ3n) is 2.49. The Morgan fingerprint density at radius 1 is 1.44 bits per heavy atom. The van der Waals surface area contributed by atoms with Crippen molar-refractivity contribution in [2.24, 2.45) is 5.92 Å². The van der Waals surface area contributed by atoms with E-state index in [1.165, 1.54) is 6.07 Å². The number of nitrogens with one attached hydrogen (secondary N) is 1.